The number of amides is 2. The number of carbonyl (C=O) groups is 1. The number of rotatable bonds is 4. The first-order valence-corrected chi connectivity index (χ1v) is 8.47. The second-order valence-electron chi connectivity index (χ2n) is 5.54. The SMILES string of the molecule is Cc1csc(CNC(=O)Nc2cc(-c3ccccc3C)nn2C)n1. The van der Waals surface area contributed by atoms with E-state index in [1.54, 1.807) is 4.68 Å². The van der Waals surface area contributed by atoms with Crippen LogP contribution in [0.2, 0.25) is 0 Å². The molecule has 0 atom stereocenters. The molecule has 7 heteroatoms. The molecule has 2 amide bonds. The van der Waals surface area contributed by atoms with E-state index in [0.717, 1.165) is 27.5 Å². The summed E-state index contributed by atoms with van der Waals surface area (Å²) in [6.45, 7) is 4.38. The molecular weight excluding hydrogens is 322 g/mol. The molecule has 3 aromatic rings. The topological polar surface area (TPSA) is 71.8 Å². The third-order valence-electron chi connectivity index (χ3n) is 3.61. The average molecular weight is 341 g/mol. The number of anilines is 1. The molecule has 3 rings (SSSR count). The highest BCUT2D eigenvalue weighted by Gasteiger charge is 2.11. The van der Waals surface area contributed by atoms with Gasteiger partial charge in [-0.1, -0.05) is 24.3 Å². The summed E-state index contributed by atoms with van der Waals surface area (Å²) in [6, 6.07) is 9.63. The Balaban J connectivity index is 1.67. The maximum absolute atomic E-state index is 12.1. The smallest absolute Gasteiger partial charge is 0.320 e. The van der Waals surface area contributed by atoms with Crippen LogP contribution in [0.3, 0.4) is 0 Å². The maximum Gasteiger partial charge on any atom is 0.320 e. The number of nitrogens with zero attached hydrogens (tertiary/aromatic N) is 3. The van der Waals surface area contributed by atoms with Crippen molar-refractivity contribution in [2.24, 2.45) is 7.05 Å². The highest BCUT2D eigenvalue weighted by atomic mass is 32.1. The quantitative estimate of drug-likeness (QED) is 0.763. The lowest BCUT2D eigenvalue weighted by Gasteiger charge is -2.05. The summed E-state index contributed by atoms with van der Waals surface area (Å²) < 4.78 is 1.66. The van der Waals surface area contributed by atoms with E-state index in [1.807, 2.05) is 56.6 Å². The van der Waals surface area contributed by atoms with E-state index in [1.165, 1.54) is 11.3 Å². The minimum Gasteiger partial charge on any atom is -0.331 e. The van der Waals surface area contributed by atoms with Gasteiger partial charge in [-0.3, -0.25) is 10.00 Å². The molecule has 0 fully saturated rings. The van der Waals surface area contributed by atoms with Crippen molar-refractivity contribution in [3.05, 3.63) is 52.0 Å². The molecule has 0 aliphatic rings. The summed E-state index contributed by atoms with van der Waals surface area (Å²) in [6.07, 6.45) is 0. The minimum atomic E-state index is -0.276. The first-order chi connectivity index (χ1) is 11.5. The number of urea groups is 1. The fourth-order valence-electron chi connectivity index (χ4n) is 2.38. The van der Waals surface area contributed by atoms with Gasteiger partial charge in [0, 0.05) is 29.8 Å². The third-order valence-corrected chi connectivity index (χ3v) is 4.58. The molecule has 2 heterocycles. The number of aromatic nitrogens is 3. The Morgan fingerprint density at radius 3 is 2.79 bits per heavy atom. The van der Waals surface area contributed by atoms with E-state index < -0.39 is 0 Å². The van der Waals surface area contributed by atoms with Crippen LogP contribution in [0.4, 0.5) is 10.6 Å². The van der Waals surface area contributed by atoms with Gasteiger partial charge in [-0.2, -0.15) is 5.10 Å². The number of hydrogen-bond acceptors (Lipinski definition) is 4. The Hall–Kier alpha value is -2.67. The van der Waals surface area contributed by atoms with Crippen molar-refractivity contribution in [3.63, 3.8) is 0 Å². The zero-order valence-corrected chi connectivity index (χ0v) is 14.6. The Bertz CT molecular complexity index is 868. The molecule has 2 N–H and O–H groups in total. The third kappa shape index (κ3) is 3.62. The molecule has 0 aliphatic carbocycles. The highest BCUT2D eigenvalue weighted by Crippen LogP contribution is 2.24. The van der Waals surface area contributed by atoms with Crippen LogP contribution in [0.5, 0.6) is 0 Å². The van der Waals surface area contributed by atoms with Gasteiger partial charge >= 0.3 is 6.03 Å². The number of carbonyl (C=O) groups excluding carboxylic acids is 1. The van der Waals surface area contributed by atoms with E-state index in [4.69, 9.17) is 0 Å². The lowest BCUT2D eigenvalue weighted by atomic mass is 10.1. The van der Waals surface area contributed by atoms with Crippen LogP contribution >= 0.6 is 11.3 Å². The van der Waals surface area contributed by atoms with Gasteiger partial charge in [0.05, 0.1) is 12.2 Å². The van der Waals surface area contributed by atoms with Gasteiger partial charge in [0.2, 0.25) is 0 Å². The Morgan fingerprint density at radius 2 is 2.08 bits per heavy atom. The summed E-state index contributed by atoms with van der Waals surface area (Å²) >= 11 is 1.53. The lowest BCUT2D eigenvalue weighted by molar-refractivity contribution is 0.251. The molecule has 0 radical (unpaired) electrons. The van der Waals surface area contributed by atoms with Crippen LogP contribution in [0, 0.1) is 13.8 Å². The van der Waals surface area contributed by atoms with Crippen molar-refractivity contribution in [1.82, 2.24) is 20.1 Å². The normalized spacial score (nSPS) is 10.6. The molecule has 0 saturated carbocycles. The predicted molar refractivity (Wildman–Crippen MR) is 96.1 cm³/mol. The Kier molecular flexibility index (Phi) is 4.61. The summed E-state index contributed by atoms with van der Waals surface area (Å²) in [5.74, 6) is 0.640. The molecule has 6 nitrogen and oxygen atoms in total. The standard InChI is InChI=1S/C17H19N5OS/c1-11-6-4-5-7-13(11)14-8-15(22(3)21-14)20-17(23)18-9-16-19-12(2)10-24-16/h4-8,10H,9H2,1-3H3,(H2,18,20,23). The first kappa shape index (κ1) is 16.2. The number of nitrogens with one attached hydrogen (secondary N) is 2. The van der Waals surface area contributed by atoms with E-state index in [-0.39, 0.29) is 6.03 Å². The molecule has 0 aliphatic heterocycles. The highest BCUT2D eigenvalue weighted by molar-refractivity contribution is 7.09. The van der Waals surface area contributed by atoms with Gasteiger partial charge in [-0.25, -0.2) is 9.78 Å². The van der Waals surface area contributed by atoms with Crippen LogP contribution in [-0.2, 0) is 13.6 Å². The molecule has 0 unspecified atom stereocenters. The van der Waals surface area contributed by atoms with Crippen LogP contribution in [0.1, 0.15) is 16.3 Å². The van der Waals surface area contributed by atoms with Crippen molar-refractivity contribution in [2.45, 2.75) is 20.4 Å². The molecule has 0 spiro atoms. The van der Waals surface area contributed by atoms with Crippen LogP contribution in [0.25, 0.3) is 11.3 Å². The largest absolute Gasteiger partial charge is 0.331 e. The summed E-state index contributed by atoms with van der Waals surface area (Å²) in [5, 5.41) is 13.0. The maximum atomic E-state index is 12.1. The van der Waals surface area contributed by atoms with Crippen LogP contribution < -0.4 is 10.6 Å². The monoisotopic (exact) mass is 341 g/mol. The van der Waals surface area contributed by atoms with Gasteiger partial charge in [-0.05, 0) is 19.4 Å². The Morgan fingerprint density at radius 1 is 1.29 bits per heavy atom. The summed E-state index contributed by atoms with van der Waals surface area (Å²) in [4.78, 5) is 16.4. The minimum absolute atomic E-state index is 0.276. The van der Waals surface area contributed by atoms with Gasteiger partial charge in [0.1, 0.15) is 10.8 Å². The molecule has 24 heavy (non-hydrogen) atoms. The average Bonchev–Trinajstić information content (AvgIpc) is 3.12. The van der Waals surface area contributed by atoms with Gasteiger partial charge in [-0.15, -0.1) is 11.3 Å². The fourth-order valence-corrected chi connectivity index (χ4v) is 3.09. The molecule has 2 aromatic heterocycles. The van der Waals surface area contributed by atoms with E-state index >= 15 is 0 Å². The summed E-state index contributed by atoms with van der Waals surface area (Å²) in [5.41, 5.74) is 4.00. The second-order valence-corrected chi connectivity index (χ2v) is 6.49. The number of aryl methyl sites for hydroxylation is 3. The van der Waals surface area contributed by atoms with Crippen molar-refractivity contribution in [2.75, 3.05) is 5.32 Å². The number of benzene rings is 1. The zero-order valence-electron chi connectivity index (χ0n) is 13.8. The molecule has 124 valence electrons. The molecule has 0 bridgehead atoms. The van der Waals surface area contributed by atoms with Gasteiger partial charge in [0.25, 0.3) is 0 Å². The second kappa shape index (κ2) is 6.84. The summed E-state index contributed by atoms with van der Waals surface area (Å²) in [7, 11) is 1.81. The molecule has 0 saturated heterocycles. The lowest BCUT2D eigenvalue weighted by Crippen LogP contribution is -2.29. The first-order valence-electron chi connectivity index (χ1n) is 7.59. The van der Waals surface area contributed by atoms with Crippen molar-refractivity contribution >= 4 is 23.2 Å². The zero-order chi connectivity index (χ0) is 17.1. The van der Waals surface area contributed by atoms with Gasteiger partial charge < -0.3 is 5.32 Å². The van der Waals surface area contributed by atoms with E-state index in [9.17, 15) is 4.79 Å². The van der Waals surface area contributed by atoms with E-state index in [0.29, 0.717) is 12.4 Å². The van der Waals surface area contributed by atoms with Crippen molar-refractivity contribution in [3.8, 4) is 11.3 Å². The number of hydrogen-bond donors (Lipinski definition) is 2. The van der Waals surface area contributed by atoms with Crippen molar-refractivity contribution in [1.29, 1.82) is 0 Å². The fraction of sp³-hybridized carbons (Fsp3) is 0.235. The van der Waals surface area contributed by atoms with Crippen LogP contribution in [-0.4, -0.2) is 20.8 Å². The van der Waals surface area contributed by atoms with Crippen LogP contribution in [0.15, 0.2) is 35.7 Å². The van der Waals surface area contributed by atoms with E-state index in [2.05, 4.69) is 20.7 Å². The molecule has 1 aromatic carbocycles. The Labute approximate surface area is 144 Å². The predicted octanol–water partition coefficient (Wildman–Crippen LogP) is 3.48. The molecular formula is C17H19N5OS. The van der Waals surface area contributed by atoms with Gasteiger partial charge in [0.15, 0.2) is 0 Å². The number of thiazole rings is 1. The van der Waals surface area contributed by atoms with Crippen molar-refractivity contribution < 1.29 is 4.79 Å².